The van der Waals surface area contributed by atoms with Gasteiger partial charge in [0, 0.05) is 44.5 Å². The Kier molecular flexibility index (Phi) is 6.95. The first-order chi connectivity index (χ1) is 12.0. The van der Waals surface area contributed by atoms with E-state index in [-0.39, 0.29) is 11.5 Å². The van der Waals surface area contributed by atoms with Crippen LogP contribution in [0.4, 0.5) is 0 Å². The summed E-state index contributed by atoms with van der Waals surface area (Å²) in [5.74, 6) is -0.103. The maximum atomic E-state index is 13.0. The maximum Gasteiger partial charge on any atom is 0.254 e. The van der Waals surface area contributed by atoms with Crippen LogP contribution >= 0.6 is 0 Å². The lowest BCUT2D eigenvalue weighted by molar-refractivity contribution is 0.0723. The van der Waals surface area contributed by atoms with Gasteiger partial charge in [-0.3, -0.25) is 9.59 Å². The molecule has 0 atom stereocenters. The Balaban J connectivity index is 2.20. The molecule has 1 amide bonds. The van der Waals surface area contributed by atoms with Crippen molar-refractivity contribution in [1.29, 1.82) is 0 Å². The smallest absolute Gasteiger partial charge is 0.254 e. The number of benzene rings is 1. The predicted molar refractivity (Wildman–Crippen MR) is 101 cm³/mol. The van der Waals surface area contributed by atoms with Crippen molar-refractivity contribution < 1.29 is 4.79 Å². The molecule has 0 bridgehead atoms. The van der Waals surface area contributed by atoms with Crippen LogP contribution in [0.25, 0.3) is 0 Å². The average molecular weight is 341 g/mol. The number of nitrogens with zero attached hydrogens (tertiary/aromatic N) is 3. The van der Waals surface area contributed by atoms with Gasteiger partial charge in [0.05, 0.1) is 0 Å². The summed E-state index contributed by atoms with van der Waals surface area (Å²) in [6.07, 6.45) is 1.64. The van der Waals surface area contributed by atoms with Crippen LogP contribution in [0.15, 0.2) is 53.5 Å². The molecule has 0 spiro atoms. The first kappa shape index (κ1) is 18.9. The van der Waals surface area contributed by atoms with Crippen molar-refractivity contribution in [2.45, 2.75) is 20.4 Å². The molecule has 134 valence electrons. The largest absolute Gasteiger partial charge is 0.333 e. The number of likely N-dealkylation sites (N-methyl/N-ethyl adjacent to an activating group) is 1. The Morgan fingerprint density at radius 2 is 1.72 bits per heavy atom. The van der Waals surface area contributed by atoms with Crippen molar-refractivity contribution in [3.8, 4) is 0 Å². The topological polar surface area (TPSA) is 45.5 Å². The van der Waals surface area contributed by atoms with Gasteiger partial charge in [0.1, 0.15) is 0 Å². The Labute approximate surface area is 149 Å². The maximum absolute atomic E-state index is 13.0. The molecule has 2 rings (SSSR count). The van der Waals surface area contributed by atoms with Gasteiger partial charge < -0.3 is 14.4 Å². The third kappa shape index (κ3) is 5.29. The van der Waals surface area contributed by atoms with Crippen LogP contribution in [0.1, 0.15) is 29.8 Å². The quantitative estimate of drug-likeness (QED) is 0.740. The minimum atomic E-state index is -0.172. The third-order valence-electron chi connectivity index (χ3n) is 4.44. The summed E-state index contributed by atoms with van der Waals surface area (Å²) < 4.78 is 1.47. The van der Waals surface area contributed by atoms with Crippen LogP contribution in [0.2, 0.25) is 0 Å². The lowest BCUT2D eigenvalue weighted by atomic mass is 10.1. The number of pyridine rings is 1. The van der Waals surface area contributed by atoms with Crippen molar-refractivity contribution >= 4 is 5.91 Å². The molecule has 0 saturated carbocycles. The van der Waals surface area contributed by atoms with E-state index in [2.05, 4.69) is 18.7 Å². The molecular weight excluding hydrogens is 314 g/mol. The molecule has 5 heteroatoms. The summed E-state index contributed by atoms with van der Waals surface area (Å²) >= 11 is 0. The second-order valence-electron chi connectivity index (χ2n) is 6.10. The normalized spacial score (nSPS) is 10.9. The van der Waals surface area contributed by atoms with Gasteiger partial charge in [0.2, 0.25) is 0 Å². The Bertz CT molecular complexity index is 736. The first-order valence-electron chi connectivity index (χ1n) is 8.77. The SMILES string of the molecule is CCN(CC)CCN(Cc1ccccc1)C(=O)c1ccn(C)c(=O)c1. The minimum Gasteiger partial charge on any atom is -0.333 e. The fraction of sp³-hybridized carbons (Fsp3) is 0.400. The van der Waals surface area contributed by atoms with Crippen LogP contribution < -0.4 is 5.56 Å². The molecule has 1 aromatic heterocycles. The van der Waals surface area contributed by atoms with Crippen LogP contribution in [0.5, 0.6) is 0 Å². The molecule has 5 nitrogen and oxygen atoms in total. The number of rotatable bonds is 8. The number of carbonyl (C=O) groups excluding carboxylic acids is 1. The van der Waals surface area contributed by atoms with E-state index in [1.165, 1.54) is 10.6 Å². The summed E-state index contributed by atoms with van der Waals surface area (Å²) in [5.41, 5.74) is 1.35. The number of aryl methyl sites for hydroxylation is 1. The van der Waals surface area contributed by atoms with Gasteiger partial charge in [-0.2, -0.15) is 0 Å². The zero-order chi connectivity index (χ0) is 18.2. The minimum absolute atomic E-state index is 0.103. The number of aromatic nitrogens is 1. The highest BCUT2D eigenvalue weighted by Crippen LogP contribution is 2.09. The fourth-order valence-corrected chi connectivity index (χ4v) is 2.72. The molecule has 0 aliphatic heterocycles. The summed E-state index contributed by atoms with van der Waals surface area (Å²) in [4.78, 5) is 28.9. The summed E-state index contributed by atoms with van der Waals surface area (Å²) in [6.45, 7) is 8.13. The van der Waals surface area contributed by atoms with Crippen molar-refractivity contribution in [1.82, 2.24) is 14.4 Å². The van der Waals surface area contributed by atoms with E-state index in [0.29, 0.717) is 18.7 Å². The van der Waals surface area contributed by atoms with E-state index < -0.39 is 0 Å². The molecule has 0 aliphatic carbocycles. The van der Waals surface area contributed by atoms with E-state index in [1.807, 2.05) is 35.2 Å². The summed E-state index contributed by atoms with van der Waals surface area (Å²) in [5, 5.41) is 0. The highest BCUT2D eigenvalue weighted by atomic mass is 16.2. The lowest BCUT2D eigenvalue weighted by Gasteiger charge is -2.27. The molecule has 0 fully saturated rings. The van der Waals surface area contributed by atoms with E-state index in [1.54, 1.807) is 19.3 Å². The second kappa shape index (κ2) is 9.18. The van der Waals surface area contributed by atoms with Crippen molar-refractivity contribution in [3.05, 3.63) is 70.1 Å². The summed E-state index contributed by atoms with van der Waals surface area (Å²) in [6, 6.07) is 13.1. The first-order valence-corrected chi connectivity index (χ1v) is 8.77. The summed E-state index contributed by atoms with van der Waals surface area (Å²) in [7, 11) is 1.68. The van der Waals surface area contributed by atoms with Gasteiger partial charge in [-0.1, -0.05) is 44.2 Å². The zero-order valence-electron chi connectivity index (χ0n) is 15.3. The highest BCUT2D eigenvalue weighted by molar-refractivity contribution is 5.94. The van der Waals surface area contributed by atoms with Gasteiger partial charge in [0.25, 0.3) is 11.5 Å². The van der Waals surface area contributed by atoms with E-state index >= 15 is 0 Å². The molecule has 0 unspecified atom stereocenters. The van der Waals surface area contributed by atoms with Gasteiger partial charge >= 0.3 is 0 Å². The molecule has 2 aromatic rings. The number of amides is 1. The van der Waals surface area contributed by atoms with Crippen LogP contribution in [-0.4, -0.2) is 46.5 Å². The van der Waals surface area contributed by atoms with E-state index in [0.717, 1.165) is 25.2 Å². The molecule has 1 aromatic carbocycles. The highest BCUT2D eigenvalue weighted by Gasteiger charge is 2.17. The number of hydrogen-bond donors (Lipinski definition) is 0. The molecule has 0 radical (unpaired) electrons. The van der Waals surface area contributed by atoms with Crippen LogP contribution in [0.3, 0.4) is 0 Å². The second-order valence-corrected chi connectivity index (χ2v) is 6.10. The van der Waals surface area contributed by atoms with Gasteiger partial charge in [-0.05, 0) is 24.7 Å². The Hall–Kier alpha value is -2.40. The molecule has 0 saturated heterocycles. The lowest BCUT2D eigenvalue weighted by Crippen LogP contribution is -2.38. The molecule has 0 N–H and O–H groups in total. The Morgan fingerprint density at radius 3 is 2.32 bits per heavy atom. The van der Waals surface area contributed by atoms with Gasteiger partial charge in [-0.25, -0.2) is 0 Å². The fourth-order valence-electron chi connectivity index (χ4n) is 2.72. The Morgan fingerprint density at radius 1 is 1.04 bits per heavy atom. The molecule has 25 heavy (non-hydrogen) atoms. The predicted octanol–water partition coefficient (Wildman–Crippen LogP) is 2.37. The number of carbonyl (C=O) groups is 1. The van der Waals surface area contributed by atoms with Gasteiger partial charge in [-0.15, -0.1) is 0 Å². The van der Waals surface area contributed by atoms with E-state index in [4.69, 9.17) is 0 Å². The zero-order valence-corrected chi connectivity index (χ0v) is 15.3. The third-order valence-corrected chi connectivity index (χ3v) is 4.44. The van der Waals surface area contributed by atoms with Crippen LogP contribution in [0, 0.1) is 0 Å². The average Bonchev–Trinajstić information content (AvgIpc) is 2.64. The number of hydrogen-bond acceptors (Lipinski definition) is 3. The van der Waals surface area contributed by atoms with Crippen LogP contribution in [-0.2, 0) is 13.6 Å². The molecular formula is C20H27N3O2. The standard InChI is InChI=1S/C20H27N3O2/c1-4-22(5-2)13-14-23(16-17-9-7-6-8-10-17)20(25)18-11-12-21(3)19(24)15-18/h6-12,15H,4-5,13-14,16H2,1-3H3. The molecule has 1 heterocycles. The molecule has 0 aliphatic rings. The van der Waals surface area contributed by atoms with Gasteiger partial charge in [0.15, 0.2) is 0 Å². The van der Waals surface area contributed by atoms with Crippen molar-refractivity contribution in [2.75, 3.05) is 26.2 Å². The van der Waals surface area contributed by atoms with Crippen molar-refractivity contribution in [3.63, 3.8) is 0 Å². The van der Waals surface area contributed by atoms with E-state index in [9.17, 15) is 9.59 Å². The monoisotopic (exact) mass is 341 g/mol. The van der Waals surface area contributed by atoms with Crippen molar-refractivity contribution in [2.24, 2.45) is 7.05 Å².